The van der Waals surface area contributed by atoms with Crippen molar-refractivity contribution in [2.24, 2.45) is 0 Å². The van der Waals surface area contributed by atoms with E-state index in [1.165, 1.54) is 0 Å². The van der Waals surface area contributed by atoms with Gasteiger partial charge in [0.15, 0.2) is 11.5 Å². The molecule has 21 heavy (non-hydrogen) atoms. The number of fused-ring (bicyclic) bond motifs is 1. The fraction of sp³-hybridized carbons (Fsp3) is 0.267. The molecule has 3 rings (SSSR count). The predicted molar refractivity (Wildman–Crippen MR) is 85.4 cm³/mol. The van der Waals surface area contributed by atoms with Crippen molar-refractivity contribution in [3.63, 3.8) is 0 Å². The monoisotopic (exact) mass is 321 g/mol. The molecule has 110 valence electrons. The first-order valence-corrected chi connectivity index (χ1v) is 8.43. The Bertz CT molecular complexity index is 628. The summed E-state index contributed by atoms with van der Waals surface area (Å²) in [6, 6.07) is 9.46. The second-order valence-electron chi connectivity index (χ2n) is 4.50. The Kier molecular flexibility index (Phi) is 4.36. The second-order valence-corrected chi connectivity index (χ2v) is 6.95. The Hall–Kier alpha value is -1.66. The molecule has 2 aromatic rings. The number of amides is 1. The van der Waals surface area contributed by atoms with Gasteiger partial charge in [-0.15, -0.1) is 23.1 Å². The van der Waals surface area contributed by atoms with Crippen LogP contribution in [0.2, 0.25) is 0 Å². The lowest BCUT2D eigenvalue weighted by Gasteiger charge is -2.14. The van der Waals surface area contributed by atoms with Crippen molar-refractivity contribution >= 4 is 34.7 Å². The molecule has 1 atom stereocenters. The SMILES string of the molecule is CCC(Sc1cccs1)C(=O)Nc1ccc2c(c1)OCO2. The largest absolute Gasteiger partial charge is 0.454 e. The van der Waals surface area contributed by atoms with Crippen molar-refractivity contribution in [3.8, 4) is 11.5 Å². The van der Waals surface area contributed by atoms with Gasteiger partial charge >= 0.3 is 0 Å². The number of carbonyl (C=O) groups excluding carboxylic acids is 1. The highest BCUT2D eigenvalue weighted by Gasteiger charge is 2.20. The molecule has 1 unspecified atom stereocenters. The van der Waals surface area contributed by atoms with E-state index >= 15 is 0 Å². The molecule has 1 aliphatic rings. The van der Waals surface area contributed by atoms with E-state index in [1.807, 2.05) is 36.6 Å². The van der Waals surface area contributed by atoms with Gasteiger partial charge in [0.2, 0.25) is 12.7 Å². The van der Waals surface area contributed by atoms with Crippen LogP contribution < -0.4 is 14.8 Å². The summed E-state index contributed by atoms with van der Waals surface area (Å²) >= 11 is 3.25. The van der Waals surface area contributed by atoms with Crippen LogP contribution in [0.25, 0.3) is 0 Å². The fourth-order valence-electron chi connectivity index (χ4n) is 1.99. The van der Waals surface area contributed by atoms with Gasteiger partial charge in [-0.05, 0) is 30.0 Å². The number of hydrogen-bond acceptors (Lipinski definition) is 5. The van der Waals surface area contributed by atoms with Crippen LogP contribution in [0.15, 0.2) is 39.9 Å². The summed E-state index contributed by atoms with van der Waals surface area (Å²) < 4.78 is 11.7. The fourth-order valence-corrected chi connectivity index (χ4v) is 3.95. The molecule has 0 spiro atoms. The molecule has 1 amide bonds. The van der Waals surface area contributed by atoms with Crippen molar-refractivity contribution in [2.75, 3.05) is 12.1 Å². The maximum Gasteiger partial charge on any atom is 0.237 e. The van der Waals surface area contributed by atoms with Gasteiger partial charge in [0.25, 0.3) is 0 Å². The first-order valence-electron chi connectivity index (χ1n) is 6.67. The van der Waals surface area contributed by atoms with Crippen molar-refractivity contribution in [1.29, 1.82) is 0 Å². The number of nitrogens with one attached hydrogen (secondary N) is 1. The first kappa shape index (κ1) is 14.3. The van der Waals surface area contributed by atoms with Gasteiger partial charge in [0.05, 0.1) is 9.46 Å². The van der Waals surface area contributed by atoms with Gasteiger partial charge in [-0.1, -0.05) is 13.0 Å². The third kappa shape index (κ3) is 3.33. The number of hydrogen-bond donors (Lipinski definition) is 1. The molecule has 4 nitrogen and oxygen atoms in total. The summed E-state index contributed by atoms with van der Waals surface area (Å²) in [5, 5.41) is 4.86. The number of rotatable bonds is 5. The zero-order valence-corrected chi connectivity index (χ0v) is 13.1. The van der Waals surface area contributed by atoms with Crippen LogP contribution >= 0.6 is 23.1 Å². The van der Waals surface area contributed by atoms with Crippen LogP contribution in [0, 0.1) is 0 Å². The number of benzene rings is 1. The lowest BCUT2D eigenvalue weighted by Crippen LogP contribution is -2.24. The Balaban J connectivity index is 1.66. The highest BCUT2D eigenvalue weighted by Crippen LogP contribution is 2.35. The van der Waals surface area contributed by atoms with E-state index in [0.29, 0.717) is 11.5 Å². The number of carbonyl (C=O) groups is 1. The molecule has 1 aromatic carbocycles. The van der Waals surface area contributed by atoms with Crippen LogP contribution in [0.4, 0.5) is 5.69 Å². The third-order valence-corrected chi connectivity index (χ3v) is 5.50. The molecule has 0 radical (unpaired) electrons. The Morgan fingerprint density at radius 3 is 3.00 bits per heavy atom. The molecule has 1 N–H and O–H groups in total. The molecule has 1 aliphatic heterocycles. The molecule has 0 saturated heterocycles. The summed E-state index contributed by atoms with van der Waals surface area (Å²) in [6.45, 7) is 2.25. The lowest BCUT2D eigenvalue weighted by atomic mass is 10.2. The zero-order valence-electron chi connectivity index (χ0n) is 11.5. The van der Waals surface area contributed by atoms with Crippen LogP contribution in [0.1, 0.15) is 13.3 Å². The van der Waals surface area contributed by atoms with E-state index < -0.39 is 0 Å². The molecule has 6 heteroatoms. The molecule has 1 aromatic heterocycles. The number of anilines is 1. The first-order chi connectivity index (χ1) is 10.3. The van der Waals surface area contributed by atoms with Crippen molar-refractivity contribution < 1.29 is 14.3 Å². The Morgan fingerprint density at radius 1 is 1.38 bits per heavy atom. The topological polar surface area (TPSA) is 47.6 Å². The number of thioether (sulfide) groups is 1. The van der Waals surface area contributed by atoms with E-state index in [0.717, 1.165) is 16.3 Å². The van der Waals surface area contributed by atoms with E-state index in [1.54, 1.807) is 29.2 Å². The van der Waals surface area contributed by atoms with E-state index in [2.05, 4.69) is 5.32 Å². The van der Waals surface area contributed by atoms with Crippen LogP contribution in [-0.2, 0) is 4.79 Å². The highest BCUT2D eigenvalue weighted by molar-refractivity contribution is 8.02. The van der Waals surface area contributed by atoms with Crippen LogP contribution in [0.5, 0.6) is 11.5 Å². The lowest BCUT2D eigenvalue weighted by molar-refractivity contribution is -0.115. The minimum Gasteiger partial charge on any atom is -0.454 e. The second kappa shape index (κ2) is 6.41. The molecule has 2 heterocycles. The number of thiophene rings is 1. The molecule has 0 fully saturated rings. The minimum atomic E-state index is -0.103. The average molecular weight is 321 g/mol. The highest BCUT2D eigenvalue weighted by atomic mass is 32.2. The predicted octanol–water partition coefficient (Wildman–Crippen LogP) is 3.99. The Labute approximate surface area is 131 Å². The summed E-state index contributed by atoms with van der Waals surface area (Å²) in [7, 11) is 0. The van der Waals surface area contributed by atoms with Gasteiger partial charge < -0.3 is 14.8 Å². The quantitative estimate of drug-likeness (QED) is 0.846. The summed E-state index contributed by atoms with van der Waals surface area (Å²) in [6.07, 6.45) is 0.777. The van der Waals surface area contributed by atoms with Gasteiger partial charge in [-0.3, -0.25) is 4.79 Å². The van der Waals surface area contributed by atoms with Gasteiger partial charge in [-0.2, -0.15) is 0 Å². The molecular formula is C15H15NO3S2. The van der Waals surface area contributed by atoms with Crippen LogP contribution in [0.3, 0.4) is 0 Å². The summed E-state index contributed by atoms with van der Waals surface area (Å²) in [4.78, 5) is 12.4. The van der Waals surface area contributed by atoms with Gasteiger partial charge in [0, 0.05) is 11.8 Å². The number of ether oxygens (including phenoxy) is 2. The van der Waals surface area contributed by atoms with E-state index in [-0.39, 0.29) is 18.0 Å². The molecular weight excluding hydrogens is 306 g/mol. The minimum absolute atomic E-state index is 0.00904. The third-order valence-electron chi connectivity index (χ3n) is 3.06. The van der Waals surface area contributed by atoms with Crippen molar-refractivity contribution in [3.05, 3.63) is 35.7 Å². The Morgan fingerprint density at radius 2 is 2.24 bits per heavy atom. The normalized spacial score (nSPS) is 14.0. The summed E-state index contributed by atoms with van der Waals surface area (Å²) in [5.41, 5.74) is 0.731. The zero-order chi connectivity index (χ0) is 14.7. The molecule has 0 saturated carbocycles. The maximum atomic E-state index is 12.4. The van der Waals surface area contributed by atoms with Gasteiger partial charge in [-0.25, -0.2) is 0 Å². The smallest absolute Gasteiger partial charge is 0.237 e. The van der Waals surface area contributed by atoms with E-state index in [4.69, 9.17) is 9.47 Å². The molecule has 0 aliphatic carbocycles. The van der Waals surface area contributed by atoms with E-state index in [9.17, 15) is 4.79 Å². The standard InChI is InChI=1S/C15H15NO3S2/c1-2-13(21-14-4-3-7-20-14)15(17)16-10-5-6-11-12(8-10)19-9-18-11/h3-8,13H,2,9H2,1H3,(H,16,17). The van der Waals surface area contributed by atoms with Crippen molar-refractivity contribution in [2.45, 2.75) is 22.8 Å². The van der Waals surface area contributed by atoms with Crippen LogP contribution in [-0.4, -0.2) is 18.0 Å². The summed E-state index contributed by atoms with van der Waals surface area (Å²) in [5.74, 6) is 1.40. The van der Waals surface area contributed by atoms with Crippen molar-refractivity contribution in [1.82, 2.24) is 0 Å². The maximum absolute atomic E-state index is 12.4. The molecule has 0 bridgehead atoms. The average Bonchev–Trinajstić information content (AvgIpc) is 3.15. The van der Waals surface area contributed by atoms with Gasteiger partial charge in [0.1, 0.15) is 0 Å².